The molecule has 1 aromatic rings. The van der Waals surface area contributed by atoms with E-state index >= 15 is 0 Å². The van der Waals surface area contributed by atoms with E-state index in [0.29, 0.717) is 23.1 Å². The molecule has 33 heavy (non-hydrogen) atoms. The van der Waals surface area contributed by atoms with E-state index < -0.39 is 27.8 Å². The number of hydrogen-bond donors (Lipinski definition) is 4. The summed E-state index contributed by atoms with van der Waals surface area (Å²) in [7, 11) is -3.53. The van der Waals surface area contributed by atoms with Gasteiger partial charge in [-0.05, 0) is 31.2 Å². The molecule has 0 aromatic carbocycles. The van der Waals surface area contributed by atoms with Crippen LogP contribution in [0.15, 0.2) is 20.0 Å². The molecule has 0 bridgehead atoms. The van der Waals surface area contributed by atoms with Crippen molar-refractivity contribution in [2.45, 2.75) is 73.5 Å². The average Bonchev–Trinajstić information content (AvgIpc) is 3.41. The molecule has 2 saturated heterocycles. The first kappa shape index (κ1) is 26.3. The molecule has 0 aliphatic carbocycles. The quantitative estimate of drug-likeness (QED) is 0.268. The Kier molecular flexibility index (Phi) is 9.07. The van der Waals surface area contributed by atoms with Crippen LogP contribution in [0.3, 0.4) is 0 Å². The van der Waals surface area contributed by atoms with Crippen LogP contribution >= 0.6 is 34.7 Å². The van der Waals surface area contributed by atoms with Gasteiger partial charge in [0.25, 0.3) is 5.91 Å². The van der Waals surface area contributed by atoms with E-state index in [0.717, 1.165) is 29.9 Å². The molecular weight excluding hydrogens is 506 g/mol. The lowest BCUT2D eigenvalue weighted by atomic mass is 10.0. The van der Waals surface area contributed by atoms with Crippen LogP contribution < -0.4 is 21.1 Å². The molecule has 0 radical (unpaired) electrons. The maximum atomic E-state index is 13.5. The molecule has 1 aromatic heterocycles. The van der Waals surface area contributed by atoms with Gasteiger partial charge in [0.05, 0.1) is 23.1 Å². The van der Waals surface area contributed by atoms with Crippen LogP contribution in [-0.2, 0) is 19.5 Å². The van der Waals surface area contributed by atoms with Crippen LogP contribution in [0.25, 0.3) is 0 Å². The summed E-state index contributed by atoms with van der Waals surface area (Å²) in [6.45, 7) is 3.85. The SMILES string of the molecule is CC(C)CC(N)C(=O)N=S(=O)(NC(=O)CCCCC1SCC2NC(=O)NC21)c1cc(Cl)cs1. The summed E-state index contributed by atoms with van der Waals surface area (Å²) < 4.78 is 20.1. The lowest BCUT2D eigenvalue weighted by Gasteiger charge is -2.16. The second-order valence-electron chi connectivity index (χ2n) is 8.67. The van der Waals surface area contributed by atoms with E-state index in [9.17, 15) is 18.6 Å². The fourth-order valence-corrected chi connectivity index (χ4v) is 8.47. The monoisotopic (exact) mass is 535 g/mol. The van der Waals surface area contributed by atoms with Gasteiger partial charge in [-0.25, -0.2) is 9.00 Å². The Bertz CT molecular complexity index is 1010. The van der Waals surface area contributed by atoms with E-state index in [1.807, 2.05) is 25.6 Å². The molecule has 9 nitrogen and oxygen atoms in total. The maximum absolute atomic E-state index is 13.5. The molecule has 3 heterocycles. The van der Waals surface area contributed by atoms with Crippen LogP contribution in [0, 0.1) is 5.92 Å². The van der Waals surface area contributed by atoms with Gasteiger partial charge >= 0.3 is 6.03 Å². The maximum Gasteiger partial charge on any atom is 0.315 e. The Balaban J connectivity index is 1.57. The highest BCUT2D eigenvalue weighted by atomic mass is 35.5. The number of nitrogens with two attached hydrogens (primary N) is 1. The summed E-state index contributed by atoms with van der Waals surface area (Å²) >= 11 is 8.86. The number of carbonyl (C=O) groups excluding carboxylic acids is 3. The third kappa shape index (κ3) is 7.08. The number of halogens is 1. The van der Waals surface area contributed by atoms with Crippen LogP contribution in [0.5, 0.6) is 0 Å². The van der Waals surface area contributed by atoms with Crippen molar-refractivity contribution in [2.75, 3.05) is 5.75 Å². The molecule has 2 aliphatic rings. The van der Waals surface area contributed by atoms with Gasteiger partial charge in [0.2, 0.25) is 5.91 Å². The summed E-state index contributed by atoms with van der Waals surface area (Å²) in [5.41, 5.74) is 5.91. The Hall–Kier alpha value is -1.34. The van der Waals surface area contributed by atoms with Crippen molar-refractivity contribution in [2.24, 2.45) is 16.0 Å². The van der Waals surface area contributed by atoms with Crippen LogP contribution in [0.1, 0.15) is 46.0 Å². The molecule has 0 spiro atoms. The molecule has 3 rings (SSSR count). The fraction of sp³-hybridized carbons (Fsp3) is 0.650. The van der Waals surface area contributed by atoms with E-state index in [1.54, 1.807) is 5.38 Å². The van der Waals surface area contributed by atoms with Gasteiger partial charge in [-0.15, -0.1) is 15.7 Å². The number of nitrogens with one attached hydrogen (secondary N) is 3. The van der Waals surface area contributed by atoms with Crippen molar-refractivity contribution >= 4 is 62.5 Å². The third-order valence-corrected chi connectivity index (χ3v) is 10.6. The first-order valence-corrected chi connectivity index (χ1v) is 14.7. The molecule has 4 amide bonds. The second-order valence-corrected chi connectivity index (χ2v) is 13.4. The molecule has 5 N–H and O–H groups in total. The minimum atomic E-state index is -3.53. The number of amides is 4. The Labute approximate surface area is 207 Å². The van der Waals surface area contributed by atoms with Gasteiger partial charge < -0.3 is 16.4 Å². The predicted octanol–water partition coefficient (Wildman–Crippen LogP) is 2.89. The number of fused-ring (bicyclic) bond motifs is 1. The molecule has 5 atom stereocenters. The van der Waals surface area contributed by atoms with Crippen molar-refractivity contribution in [1.29, 1.82) is 0 Å². The Morgan fingerprint density at radius 2 is 2.12 bits per heavy atom. The first-order valence-electron chi connectivity index (χ1n) is 10.9. The molecule has 0 saturated carbocycles. The molecule has 2 fully saturated rings. The number of urea groups is 1. The number of unbranched alkanes of at least 4 members (excludes halogenated alkanes) is 1. The zero-order valence-electron chi connectivity index (χ0n) is 18.5. The number of thioether (sulfide) groups is 1. The van der Waals surface area contributed by atoms with Gasteiger partial charge in [-0.1, -0.05) is 31.9 Å². The standard InChI is InChI=1S/C20H30ClN5O4S3/c1-11(2)7-13(22)19(28)26-33(30,17-8-12(21)9-32-17)25-16(27)6-4-3-5-15-18-14(10-31-15)23-20(29)24-18/h8-9,11,13-15,18H,3-7,10,22H2,1-2H3,(H2,23,24,29)(H,25,26,27,28,30). The van der Waals surface area contributed by atoms with Crippen molar-refractivity contribution in [3.63, 3.8) is 0 Å². The Morgan fingerprint density at radius 1 is 1.36 bits per heavy atom. The number of thiophene rings is 1. The number of carbonyl (C=O) groups is 3. The summed E-state index contributed by atoms with van der Waals surface area (Å²) in [4.78, 5) is 36.6. The Morgan fingerprint density at radius 3 is 2.79 bits per heavy atom. The highest BCUT2D eigenvalue weighted by molar-refractivity contribution is 8.00. The van der Waals surface area contributed by atoms with Gasteiger partial charge in [0, 0.05) is 22.8 Å². The first-order chi connectivity index (χ1) is 15.6. The zero-order chi connectivity index (χ0) is 24.2. The molecule has 5 unspecified atom stereocenters. The number of hydrogen-bond acceptors (Lipinski definition) is 7. The highest BCUT2D eigenvalue weighted by Crippen LogP contribution is 2.33. The topological polar surface area (TPSA) is 143 Å². The minimum absolute atomic E-state index is 0.121. The van der Waals surface area contributed by atoms with Crippen molar-refractivity contribution in [3.8, 4) is 0 Å². The smallest absolute Gasteiger partial charge is 0.315 e. The number of rotatable bonds is 10. The van der Waals surface area contributed by atoms with Gasteiger partial charge in [0.1, 0.15) is 4.21 Å². The normalized spacial score (nSPS) is 24.5. The van der Waals surface area contributed by atoms with E-state index in [1.165, 1.54) is 6.07 Å². The fourth-order valence-electron chi connectivity index (χ4n) is 3.84. The average molecular weight is 536 g/mol. The van der Waals surface area contributed by atoms with Crippen LogP contribution in [-0.4, -0.2) is 51.2 Å². The highest BCUT2D eigenvalue weighted by Gasteiger charge is 2.42. The summed E-state index contributed by atoms with van der Waals surface area (Å²) in [5.74, 6) is -0.110. The summed E-state index contributed by atoms with van der Waals surface area (Å²) in [6, 6.07) is 0.718. The van der Waals surface area contributed by atoms with Gasteiger partial charge in [-0.2, -0.15) is 11.8 Å². The predicted molar refractivity (Wildman–Crippen MR) is 133 cm³/mol. The van der Waals surface area contributed by atoms with Crippen LogP contribution in [0.4, 0.5) is 4.79 Å². The van der Waals surface area contributed by atoms with Crippen LogP contribution in [0.2, 0.25) is 5.02 Å². The van der Waals surface area contributed by atoms with Crippen molar-refractivity contribution in [3.05, 3.63) is 16.5 Å². The van der Waals surface area contributed by atoms with Crippen molar-refractivity contribution < 1.29 is 18.6 Å². The molecule has 13 heteroatoms. The van der Waals surface area contributed by atoms with E-state index in [-0.39, 0.29) is 34.7 Å². The zero-order valence-corrected chi connectivity index (χ0v) is 21.7. The second kappa shape index (κ2) is 11.4. The minimum Gasteiger partial charge on any atom is -0.332 e. The number of nitrogens with zero attached hydrogens (tertiary/aromatic N) is 1. The lowest BCUT2D eigenvalue weighted by molar-refractivity contribution is -0.119. The van der Waals surface area contributed by atoms with Crippen molar-refractivity contribution in [1.82, 2.24) is 15.4 Å². The lowest BCUT2D eigenvalue weighted by Crippen LogP contribution is -2.36. The largest absolute Gasteiger partial charge is 0.332 e. The summed E-state index contributed by atoms with van der Waals surface area (Å²) in [6.07, 6.45) is 2.78. The molecule has 184 valence electrons. The van der Waals surface area contributed by atoms with E-state index in [4.69, 9.17) is 17.3 Å². The summed E-state index contributed by atoms with van der Waals surface area (Å²) in [5, 5.41) is 8.10. The molecule has 2 aliphatic heterocycles. The third-order valence-electron chi connectivity index (χ3n) is 5.41. The van der Waals surface area contributed by atoms with E-state index in [2.05, 4.69) is 19.7 Å². The van der Waals surface area contributed by atoms with Gasteiger partial charge in [-0.3, -0.25) is 14.3 Å². The van der Waals surface area contributed by atoms with Gasteiger partial charge in [0.15, 0.2) is 9.92 Å². The molecular formula is C20H30ClN5O4S3.